The van der Waals surface area contributed by atoms with Crippen LogP contribution in [-0.2, 0) is 0 Å². The monoisotopic (exact) mass is 524 g/mol. The van der Waals surface area contributed by atoms with E-state index in [4.69, 9.17) is 0 Å². The molecule has 1 heterocycles. The number of hydrogen-bond donors (Lipinski definition) is 0. The third-order valence-corrected chi connectivity index (χ3v) is 6.38. The molecule has 1 aromatic heterocycles. The molecular weight excluding hydrogens is 465 g/mol. The molecule has 0 aliphatic carbocycles. The molecule has 0 aliphatic heterocycles. The Morgan fingerprint density at radius 1 is 0.417 bits per heavy atom. The first-order chi connectivity index (χ1) is 17.1. The first kappa shape index (κ1) is 38.0. The van der Waals surface area contributed by atoms with E-state index >= 15 is 0 Å². The zero-order valence-corrected chi connectivity index (χ0v) is 23.8. The molecule has 0 saturated carbocycles. The standard InChI is InChI=1S/C22H48N.C6H6.C4H4N2.K.H/c1-5-7-9-11-13-15-17-19-21-23(3,4)22-20-18-16-14-12-10-8-6-2;2*1-2-4-6-5-3-1;;/h5-22H2,1-4H3;1-6H;1-4H;;/q+1;;;;. The fourth-order valence-electron chi connectivity index (χ4n) is 4.10. The maximum absolute atomic E-state index is 3.53. The SMILES string of the molecule is CCCCCCCCCC[N+](C)(C)CCCCCCCCCC.[KH].c1ccccc1.c1ccnnc1. The molecule has 3 nitrogen and oxygen atoms in total. The van der Waals surface area contributed by atoms with E-state index in [-0.39, 0.29) is 51.4 Å². The number of quaternary nitrogens is 1. The van der Waals surface area contributed by atoms with Crippen LogP contribution in [0.25, 0.3) is 0 Å². The Morgan fingerprint density at radius 2 is 0.694 bits per heavy atom. The van der Waals surface area contributed by atoms with Gasteiger partial charge in [-0.25, -0.2) is 0 Å². The van der Waals surface area contributed by atoms with Crippen LogP contribution in [0, 0.1) is 0 Å². The van der Waals surface area contributed by atoms with Gasteiger partial charge in [0.15, 0.2) is 0 Å². The molecule has 1 aromatic carbocycles. The van der Waals surface area contributed by atoms with E-state index < -0.39 is 0 Å². The average molecular weight is 525 g/mol. The van der Waals surface area contributed by atoms with Crippen molar-refractivity contribution in [3.05, 3.63) is 60.9 Å². The van der Waals surface area contributed by atoms with Gasteiger partial charge < -0.3 is 4.48 Å². The summed E-state index contributed by atoms with van der Waals surface area (Å²) in [6.07, 6.45) is 26.3. The average Bonchev–Trinajstić information content (AvgIpc) is 2.90. The molecule has 0 N–H and O–H groups in total. The zero-order valence-electron chi connectivity index (χ0n) is 23.8. The van der Waals surface area contributed by atoms with Gasteiger partial charge in [-0.05, 0) is 37.8 Å². The minimum absolute atomic E-state index is 0. The number of benzene rings is 1. The summed E-state index contributed by atoms with van der Waals surface area (Å²) in [5, 5.41) is 7.07. The molecular formula is C32H59KN3+. The van der Waals surface area contributed by atoms with E-state index in [1.54, 1.807) is 12.4 Å². The predicted molar refractivity (Wildman–Crippen MR) is 163 cm³/mol. The molecule has 36 heavy (non-hydrogen) atoms. The quantitative estimate of drug-likeness (QED) is 0.111. The Kier molecular flexibility index (Phi) is 32.9. The van der Waals surface area contributed by atoms with Crippen LogP contribution in [0.5, 0.6) is 0 Å². The van der Waals surface area contributed by atoms with Crippen LogP contribution < -0.4 is 0 Å². The number of rotatable bonds is 18. The fourth-order valence-corrected chi connectivity index (χ4v) is 4.10. The van der Waals surface area contributed by atoms with Crippen molar-refractivity contribution in [1.82, 2.24) is 10.2 Å². The maximum Gasteiger partial charge on any atom is 0.0496 e. The van der Waals surface area contributed by atoms with Gasteiger partial charge in [-0.3, -0.25) is 0 Å². The minimum Gasteiger partial charge on any atom is -0.159 e. The molecule has 2 aromatic rings. The largest absolute Gasteiger partial charge is 0.159 e. The first-order valence-corrected chi connectivity index (χ1v) is 14.7. The maximum atomic E-state index is 3.53. The smallest absolute Gasteiger partial charge is 0.0496 e. The molecule has 0 atom stereocenters. The van der Waals surface area contributed by atoms with Crippen molar-refractivity contribution >= 4 is 51.4 Å². The van der Waals surface area contributed by atoms with Gasteiger partial charge in [0.25, 0.3) is 0 Å². The summed E-state index contributed by atoms with van der Waals surface area (Å²) in [6, 6.07) is 15.7. The van der Waals surface area contributed by atoms with Crippen LogP contribution in [0.2, 0.25) is 0 Å². The summed E-state index contributed by atoms with van der Waals surface area (Å²) in [5.74, 6) is 0. The molecule has 0 radical (unpaired) electrons. The zero-order chi connectivity index (χ0) is 25.7. The molecule has 0 unspecified atom stereocenters. The summed E-state index contributed by atoms with van der Waals surface area (Å²) in [7, 11) is 4.87. The van der Waals surface area contributed by atoms with E-state index in [1.807, 2.05) is 48.5 Å². The van der Waals surface area contributed by atoms with Crippen molar-refractivity contribution in [3.8, 4) is 0 Å². The Labute approximate surface area is 268 Å². The fraction of sp³-hybridized carbons (Fsp3) is 0.688. The van der Waals surface area contributed by atoms with Crippen LogP contribution in [-0.4, -0.2) is 93.2 Å². The summed E-state index contributed by atoms with van der Waals surface area (Å²) in [5.41, 5.74) is 0. The van der Waals surface area contributed by atoms with Crippen LogP contribution in [0.15, 0.2) is 60.9 Å². The molecule has 0 saturated heterocycles. The van der Waals surface area contributed by atoms with Crippen molar-refractivity contribution in [3.63, 3.8) is 0 Å². The molecule has 4 heteroatoms. The predicted octanol–water partition coefficient (Wildman–Crippen LogP) is 8.86. The molecule has 0 spiro atoms. The number of aromatic nitrogens is 2. The number of nitrogens with zero attached hydrogens (tertiary/aromatic N) is 3. The summed E-state index contributed by atoms with van der Waals surface area (Å²) in [6.45, 7) is 7.36. The van der Waals surface area contributed by atoms with E-state index in [0.29, 0.717) is 0 Å². The second kappa shape index (κ2) is 31.1. The van der Waals surface area contributed by atoms with Crippen LogP contribution >= 0.6 is 0 Å². The third-order valence-electron chi connectivity index (χ3n) is 6.38. The van der Waals surface area contributed by atoms with Crippen molar-refractivity contribution in [2.75, 3.05) is 27.2 Å². The van der Waals surface area contributed by atoms with Crippen LogP contribution in [0.1, 0.15) is 117 Å². The topological polar surface area (TPSA) is 25.8 Å². The van der Waals surface area contributed by atoms with Crippen molar-refractivity contribution in [2.45, 2.75) is 117 Å². The molecule has 2 rings (SSSR count). The van der Waals surface area contributed by atoms with Gasteiger partial charge in [-0.2, -0.15) is 10.2 Å². The van der Waals surface area contributed by atoms with Gasteiger partial charge >= 0.3 is 51.4 Å². The van der Waals surface area contributed by atoms with Crippen LogP contribution in [0.3, 0.4) is 0 Å². The first-order valence-electron chi connectivity index (χ1n) is 14.7. The van der Waals surface area contributed by atoms with Gasteiger partial charge in [0.05, 0.1) is 27.2 Å². The van der Waals surface area contributed by atoms with Crippen molar-refractivity contribution < 1.29 is 4.48 Å². The van der Waals surface area contributed by atoms with Crippen molar-refractivity contribution in [2.24, 2.45) is 0 Å². The van der Waals surface area contributed by atoms with Crippen molar-refractivity contribution in [1.29, 1.82) is 0 Å². The van der Waals surface area contributed by atoms with E-state index in [0.717, 1.165) is 0 Å². The van der Waals surface area contributed by atoms with Gasteiger partial charge in [0.1, 0.15) is 0 Å². The Morgan fingerprint density at radius 3 is 0.944 bits per heavy atom. The number of hydrogen-bond acceptors (Lipinski definition) is 2. The Balaban J connectivity index is 0. The Bertz CT molecular complexity index is 500. The molecule has 0 bridgehead atoms. The summed E-state index contributed by atoms with van der Waals surface area (Å²) < 4.78 is 1.24. The Hall–Kier alpha value is -0.104. The van der Waals surface area contributed by atoms with Gasteiger partial charge in [-0.1, -0.05) is 127 Å². The normalized spacial score (nSPS) is 10.3. The summed E-state index contributed by atoms with van der Waals surface area (Å²) >= 11 is 0. The molecule has 0 fully saturated rings. The summed E-state index contributed by atoms with van der Waals surface area (Å²) in [4.78, 5) is 0. The van der Waals surface area contributed by atoms with E-state index in [9.17, 15) is 0 Å². The van der Waals surface area contributed by atoms with E-state index in [2.05, 4.69) is 38.1 Å². The second-order valence-corrected chi connectivity index (χ2v) is 10.4. The van der Waals surface area contributed by atoms with E-state index in [1.165, 1.54) is 120 Å². The molecule has 0 aliphatic rings. The number of unbranched alkanes of at least 4 members (excludes halogenated alkanes) is 14. The van der Waals surface area contributed by atoms with Gasteiger partial charge in [0, 0.05) is 12.4 Å². The minimum atomic E-state index is 0. The van der Waals surface area contributed by atoms with Gasteiger partial charge in [0.2, 0.25) is 0 Å². The third kappa shape index (κ3) is 31.9. The van der Waals surface area contributed by atoms with Gasteiger partial charge in [-0.15, -0.1) is 0 Å². The molecule has 202 valence electrons. The second-order valence-electron chi connectivity index (χ2n) is 10.4. The molecule has 0 amide bonds. The van der Waals surface area contributed by atoms with Crippen LogP contribution in [0.4, 0.5) is 0 Å².